The van der Waals surface area contributed by atoms with Gasteiger partial charge in [-0.15, -0.1) is 0 Å². The summed E-state index contributed by atoms with van der Waals surface area (Å²) in [5.41, 5.74) is 3.65. The van der Waals surface area contributed by atoms with Crippen molar-refractivity contribution in [3.8, 4) is 6.07 Å². The molecular formula is C13H14N2O. The van der Waals surface area contributed by atoms with E-state index in [1.165, 1.54) is 24.8 Å². The number of aromatic amines is 1. The maximum absolute atomic E-state index is 11.8. The summed E-state index contributed by atoms with van der Waals surface area (Å²) in [4.78, 5) is 14.7. The molecule has 0 unspecified atom stereocenters. The summed E-state index contributed by atoms with van der Waals surface area (Å²) in [5, 5.41) is 9.05. The van der Waals surface area contributed by atoms with Crippen LogP contribution in [0.15, 0.2) is 4.79 Å². The molecule has 0 atom stereocenters. The number of aromatic nitrogens is 1. The highest BCUT2D eigenvalue weighted by Crippen LogP contribution is 2.42. The Morgan fingerprint density at radius 3 is 2.50 bits per heavy atom. The lowest BCUT2D eigenvalue weighted by molar-refractivity contribution is 0.667. The molecule has 82 valence electrons. The van der Waals surface area contributed by atoms with Gasteiger partial charge < -0.3 is 4.98 Å². The average Bonchev–Trinajstić information content (AvgIpc) is 3.12. The van der Waals surface area contributed by atoms with Crippen molar-refractivity contribution in [2.24, 2.45) is 0 Å². The summed E-state index contributed by atoms with van der Waals surface area (Å²) >= 11 is 0. The fourth-order valence-corrected chi connectivity index (χ4v) is 2.71. The van der Waals surface area contributed by atoms with E-state index < -0.39 is 0 Å². The molecule has 3 rings (SSSR count). The lowest BCUT2D eigenvalue weighted by atomic mass is 9.87. The van der Waals surface area contributed by atoms with Gasteiger partial charge in [-0.05, 0) is 55.6 Å². The summed E-state index contributed by atoms with van der Waals surface area (Å²) in [5.74, 6) is 0.562. The number of hydrogen-bond donors (Lipinski definition) is 1. The van der Waals surface area contributed by atoms with Crippen molar-refractivity contribution in [3.63, 3.8) is 0 Å². The van der Waals surface area contributed by atoms with Crippen LogP contribution in [0.4, 0.5) is 0 Å². The molecule has 2 aliphatic rings. The first kappa shape index (κ1) is 9.65. The van der Waals surface area contributed by atoms with E-state index in [0.29, 0.717) is 11.5 Å². The maximum Gasteiger partial charge on any atom is 0.266 e. The SMILES string of the molecule is N#Cc1c2c(c(C3CC3)[nH]c1=O)CCCC2. The van der Waals surface area contributed by atoms with Gasteiger partial charge in [-0.1, -0.05) is 0 Å². The summed E-state index contributed by atoms with van der Waals surface area (Å²) in [6.45, 7) is 0. The molecule has 3 nitrogen and oxygen atoms in total. The van der Waals surface area contributed by atoms with Crippen LogP contribution in [0.1, 0.15) is 54.0 Å². The summed E-state index contributed by atoms with van der Waals surface area (Å²) < 4.78 is 0. The van der Waals surface area contributed by atoms with Gasteiger partial charge in [-0.2, -0.15) is 5.26 Å². The van der Waals surface area contributed by atoms with Gasteiger partial charge in [-0.3, -0.25) is 4.79 Å². The molecule has 0 aromatic carbocycles. The Morgan fingerprint density at radius 1 is 1.19 bits per heavy atom. The smallest absolute Gasteiger partial charge is 0.266 e. The van der Waals surface area contributed by atoms with E-state index in [4.69, 9.17) is 5.26 Å². The molecule has 0 spiro atoms. The zero-order valence-corrected chi connectivity index (χ0v) is 9.18. The number of fused-ring (bicyclic) bond motifs is 1. The summed E-state index contributed by atoms with van der Waals surface area (Å²) in [6, 6.07) is 2.07. The van der Waals surface area contributed by atoms with E-state index in [9.17, 15) is 4.79 Å². The molecule has 0 aliphatic heterocycles. The summed E-state index contributed by atoms with van der Waals surface area (Å²) in [7, 11) is 0. The van der Waals surface area contributed by atoms with E-state index in [2.05, 4.69) is 11.1 Å². The third-order valence-electron chi connectivity index (χ3n) is 3.67. The quantitative estimate of drug-likeness (QED) is 0.777. The van der Waals surface area contributed by atoms with Crippen molar-refractivity contribution in [1.82, 2.24) is 4.98 Å². The van der Waals surface area contributed by atoms with Crippen molar-refractivity contribution in [2.45, 2.75) is 44.4 Å². The Balaban J connectivity index is 2.26. The zero-order chi connectivity index (χ0) is 11.1. The van der Waals surface area contributed by atoms with Crippen LogP contribution in [0.25, 0.3) is 0 Å². The number of rotatable bonds is 1. The highest BCUT2D eigenvalue weighted by Gasteiger charge is 2.30. The minimum Gasteiger partial charge on any atom is -0.325 e. The van der Waals surface area contributed by atoms with Crippen LogP contribution in [0.2, 0.25) is 0 Å². The Bertz CT molecular complexity index is 532. The second-order valence-electron chi connectivity index (χ2n) is 4.79. The van der Waals surface area contributed by atoms with Crippen LogP contribution in [0, 0.1) is 11.3 Å². The predicted octanol–water partition coefficient (Wildman–Crippen LogP) is 2.00. The van der Waals surface area contributed by atoms with Gasteiger partial charge in [-0.25, -0.2) is 0 Å². The first-order valence-electron chi connectivity index (χ1n) is 5.99. The molecule has 1 aromatic rings. The Labute approximate surface area is 94.1 Å². The predicted molar refractivity (Wildman–Crippen MR) is 60.4 cm³/mol. The molecule has 1 fully saturated rings. The highest BCUT2D eigenvalue weighted by atomic mass is 16.1. The number of nitriles is 1. The molecule has 3 heteroatoms. The molecule has 0 amide bonds. The molecule has 2 aliphatic carbocycles. The second-order valence-corrected chi connectivity index (χ2v) is 4.79. The lowest BCUT2D eigenvalue weighted by Crippen LogP contribution is -2.21. The normalized spacial score (nSPS) is 18.9. The van der Waals surface area contributed by atoms with Crippen molar-refractivity contribution in [3.05, 3.63) is 32.7 Å². The Morgan fingerprint density at radius 2 is 1.88 bits per heavy atom. The number of H-pyrrole nitrogens is 1. The zero-order valence-electron chi connectivity index (χ0n) is 9.18. The maximum atomic E-state index is 11.8. The molecule has 0 bridgehead atoms. The average molecular weight is 214 g/mol. The Hall–Kier alpha value is -1.56. The lowest BCUT2D eigenvalue weighted by Gasteiger charge is -2.19. The second kappa shape index (κ2) is 3.48. The molecule has 0 saturated heterocycles. The fourth-order valence-electron chi connectivity index (χ4n) is 2.71. The third kappa shape index (κ3) is 1.37. The standard InChI is InChI=1S/C13H14N2O/c14-7-11-9-3-1-2-4-10(9)12(8-5-6-8)15-13(11)16/h8H,1-6H2,(H,15,16). The van der Waals surface area contributed by atoms with Gasteiger partial charge in [0.05, 0.1) is 0 Å². The summed E-state index contributed by atoms with van der Waals surface area (Å²) in [6.07, 6.45) is 6.61. The number of nitrogens with zero attached hydrogens (tertiary/aromatic N) is 1. The van der Waals surface area contributed by atoms with Crippen LogP contribution in [0.5, 0.6) is 0 Å². The van der Waals surface area contributed by atoms with Crippen LogP contribution in [-0.4, -0.2) is 4.98 Å². The van der Waals surface area contributed by atoms with Crippen LogP contribution < -0.4 is 5.56 Å². The molecule has 16 heavy (non-hydrogen) atoms. The van der Waals surface area contributed by atoms with Gasteiger partial charge in [0.25, 0.3) is 5.56 Å². The number of nitrogens with one attached hydrogen (secondary N) is 1. The van der Waals surface area contributed by atoms with Crippen molar-refractivity contribution in [1.29, 1.82) is 5.26 Å². The molecule has 1 saturated carbocycles. The van der Waals surface area contributed by atoms with Gasteiger partial charge in [0.1, 0.15) is 11.6 Å². The number of pyridine rings is 1. The van der Waals surface area contributed by atoms with Crippen LogP contribution in [-0.2, 0) is 12.8 Å². The van der Waals surface area contributed by atoms with E-state index in [1.54, 1.807) is 0 Å². The topological polar surface area (TPSA) is 56.6 Å². The van der Waals surface area contributed by atoms with Crippen molar-refractivity contribution >= 4 is 0 Å². The van der Waals surface area contributed by atoms with Gasteiger partial charge in [0.2, 0.25) is 0 Å². The minimum atomic E-state index is -0.176. The fraction of sp³-hybridized carbons (Fsp3) is 0.538. The molecule has 1 N–H and O–H groups in total. The molecular weight excluding hydrogens is 200 g/mol. The van der Waals surface area contributed by atoms with Crippen LogP contribution in [0.3, 0.4) is 0 Å². The molecule has 1 aromatic heterocycles. The van der Waals surface area contributed by atoms with E-state index >= 15 is 0 Å². The van der Waals surface area contributed by atoms with Crippen LogP contribution >= 0.6 is 0 Å². The first-order valence-corrected chi connectivity index (χ1v) is 5.99. The van der Waals surface area contributed by atoms with E-state index in [1.807, 2.05) is 0 Å². The van der Waals surface area contributed by atoms with Gasteiger partial charge in [0.15, 0.2) is 0 Å². The molecule has 0 radical (unpaired) electrons. The Kier molecular flexibility index (Phi) is 2.10. The largest absolute Gasteiger partial charge is 0.325 e. The monoisotopic (exact) mass is 214 g/mol. The first-order chi connectivity index (χ1) is 7.81. The van der Waals surface area contributed by atoms with E-state index in [0.717, 1.165) is 30.5 Å². The molecule has 1 heterocycles. The minimum absolute atomic E-state index is 0.176. The van der Waals surface area contributed by atoms with Crippen molar-refractivity contribution < 1.29 is 0 Å². The van der Waals surface area contributed by atoms with E-state index in [-0.39, 0.29) is 5.56 Å². The third-order valence-corrected chi connectivity index (χ3v) is 3.67. The van der Waals surface area contributed by atoms with Crippen molar-refractivity contribution in [2.75, 3.05) is 0 Å². The van der Waals surface area contributed by atoms with Gasteiger partial charge in [0, 0.05) is 5.69 Å². The number of hydrogen-bond acceptors (Lipinski definition) is 2. The highest BCUT2D eigenvalue weighted by molar-refractivity contribution is 5.46. The van der Waals surface area contributed by atoms with Gasteiger partial charge >= 0.3 is 0 Å².